The van der Waals surface area contributed by atoms with E-state index in [0.717, 1.165) is 43.7 Å². The summed E-state index contributed by atoms with van der Waals surface area (Å²) in [4.78, 5) is 28.8. The Labute approximate surface area is 228 Å². The fraction of sp³-hybridized carbons (Fsp3) is 0.467. The van der Waals surface area contributed by atoms with Gasteiger partial charge in [0.05, 0.1) is 18.1 Å². The Bertz CT molecular complexity index is 1270. The van der Waals surface area contributed by atoms with E-state index in [0.29, 0.717) is 35.8 Å². The molecule has 3 aromatic rings. The summed E-state index contributed by atoms with van der Waals surface area (Å²) in [6, 6.07) is 13.7. The lowest BCUT2D eigenvalue weighted by Crippen LogP contribution is -2.52. The number of halogens is 1. The van der Waals surface area contributed by atoms with Gasteiger partial charge in [0, 0.05) is 30.6 Å². The number of aromatic nitrogens is 3. The zero-order chi connectivity index (χ0) is 26.8. The Hall–Kier alpha value is -3.59. The monoisotopic (exact) mass is 530 g/mol. The largest absolute Gasteiger partial charge is 0.340 e. The van der Waals surface area contributed by atoms with Crippen LogP contribution in [-0.2, 0) is 4.79 Å². The van der Waals surface area contributed by atoms with Gasteiger partial charge in [0.1, 0.15) is 11.9 Å². The minimum Gasteiger partial charge on any atom is -0.340 e. The summed E-state index contributed by atoms with van der Waals surface area (Å²) in [6.07, 6.45) is 9.35. The fourth-order valence-electron chi connectivity index (χ4n) is 6.31. The summed E-state index contributed by atoms with van der Waals surface area (Å²) >= 11 is 0. The number of benzene rings is 2. The number of hydrogen-bond donors (Lipinski definition) is 2. The number of hydrogen-bond acceptors (Lipinski definition) is 5. The molecule has 2 aliphatic carbocycles. The van der Waals surface area contributed by atoms with Crippen molar-refractivity contribution in [3.8, 4) is 5.69 Å². The van der Waals surface area contributed by atoms with Gasteiger partial charge in [-0.2, -0.15) is 0 Å². The van der Waals surface area contributed by atoms with E-state index in [9.17, 15) is 14.0 Å². The highest BCUT2D eigenvalue weighted by Gasteiger charge is 2.39. The van der Waals surface area contributed by atoms with Gasteiger partial charge in [-0.25, -0.2) is 9.07 Å². The molecule has 1 aromatic heterocycles. The highest BCUT2D eigenvalue weighted by Crippen LogP contribution is 2.40. The first-order chi connectivity index (χ1) is 19.0. The van der Waals surface area contributed by atoms with Crippen LogP contribution in [0.4, 0.5) is 4.39 Å². The van der Waals surface area contributed by atoms with E-state index in [4.69, 9.17) is 0 Å². The summed E-state index contributed by atoms with van der Waals surface area (Å²) < 4.78 is 14.9. The van der Waals surface area contributed by atoms with Gasteiger partial charge in [-0.05, 0) is 98.9 Å². The van der Waals surface area contributed by atoms with Crippen LogP contribution in [0.15, 0.2) is 60.9 Å². The van der Waals surface area contributed by atoms with Crippen LogP contribution in [0.3, 0.4) is 0 Å². The molecular formula is C30H35FN6O2. The Morgan fingerprint density at radius 3 is 2.44 bits per heavy atom. The van der Waals surface area contributed by atoms with Gasteiger partial charge >= 0.3 is 0 Å². The summed E-state index contributed by atoms with van der Waals surface area (Å²) in [7, 11) is 0. The highest BCUT2D eigenvalue weighted by molar-refractivity contribution is 5.97. The van der Waals surface area contributed by atoms with E-state index in [1.807, 2.05) is 29.2 Å². The molecule has 39 heavy (non-hydrogen) atoms. The third-order valence-electron chi connectivity index (χ3n) is 8.50. The molecule has 3 aliphatic rings. The average molecular weight is 531 g/mol. The van der Waals surface area contributed by atoms with Gasteiger partial charge in [-0.15, -0.1) is 5.10 Å². The molecule has 9 heteroatoms. The Morgan fingerprint density at radius 2 is 1.74 bits per heavy atom. The van der Waals surface area contributed by atoms with Gasteiger partial charge in [0.2, 0.25) is 5.91 Å². The number of nitrogens with zero attached hydrogens (tertiary/aromatic N) is 4. The maximum atomic E-state index is 13.6. The van der Waals surface area contributed by atoms with Crippen LogP contribution in [-0.4, -0.2) is 63.4 Å². The molecule has 8 nitrogen and oxygen atoms in total. The van der Waals surface area contributed by atoms with E-state index in [1.54, 1.807) is 29.2 Å². The number of rotatable bonds is 10. The normalized spacial score (nSPS) is 24.4. The first-order valence-electron chi connectivity index (χ1n) is 14.1. The highest BCUT2D eigenvalue weighted by atomic mass is 19.1. The molecule has 2 N–H and O–H groups in total. The molecule has 5 atom stereocenters. The number of amides is 2. The molecule has 2 heterocycles. The molecule has 2 aromatic carbocycles. The van der Waals surface area contributed by atoms with Crippen LogP contribution in [0.25, 0.3) is 5.69 Å². The van der Waals surface area contributed by atoms with Crippen LogP contribution in [0.5, 0.6) is 0 Å². The molecule has 2 bridgehead atoms. The van der Waals surface area contributed by atoms with Crippen molar-refractivity contribution in [3.63, 3.8) is 0 Å². The molecule has 0 radical (unpaired) electrons. The van der Waals surface area contributed by atoms with Crippen LogP contribution in [0.1, 0.15) is 60.4 Å². The smallest absolute Gasteiger partial charge is 0.251 e. The topological polar surface area (TPSA) is 92.2 Å². The number of fused-ring (bicyclic) bond motifs is 2. The number of carbonyl (C=O) groups excluding carboxylic acids is 2. The molecule has 3 fully saturated rings. The van der Waals surface area contributed by atoms with Gasteiger partial charge in [0.25, 0.3) is 5.91 Å². The van der Waals surface area contributed by atoms with Crippen molar-refractivity contribution in [1.29, 1.82) is 0 Å². The number of piperidine rings is 1. The van der Waals surface area contributed by atoms with E-state index in [-0.39, 0.29) is 17.6 Å². The van der Waals surface area contributed by atoms with Crippen molar-refractivity contribution in [2.45, 2.75) is 56.5 Å². The SMILES string of the molecule is O=C(N[C@@H](CCCN[C@@H]1C[C@H]1c1ccc(F)cc1)C(=O)N1CC2CCC(C2)C1)c1ccc(-n2ccnn2)cc1. The summed E-state index contributed by atoms with van der Waals surface area (Å²) in [5, 5.41) is 14.4. The molecule has 0 spiro atoms. The Balaban J connectivity index is 1.06. The zero-order valence-corrected chi connectivity index (χ0v) is 22.0. The van der Waals surface area contributed by atoms with E-state index in [2.05, 4.69) is 20.9 Å². The first-order valence-corrected chi connectivity index (χ1v) is 14.1. The minimum atomic E-state index is -0.557. The Kier molecular flexibility index (Phi) is 7.41. The second kappa shape index (κ2) is 11.3. The van der Waals surface area contributed by atoms with Crippen molar-refractivity contribution in [2.75, 3.05) is 19.6 Å². The molecule has 2 saturated carbocycles. The van der Waals surface area contributed by atoms with Crippen LogP contribution >= 0.6 is 0 Å². The second-order valence-corrected chi connectivity index (χ2v) is 11.3. The molecule has 204 valence electrons. The third kappa shape index (κ3) is 6.03. The Morgan fingerprint density at radius 1 is 1.00 bits per heavy atom. The van der Waals surface area contributed by atoms with Gasteiger partial charge < -0.3 is 15.5 Å². The van der Waals surface area contributed by atoms with Crippen molar-refractivity contribution in [1.82, 2.24) is 30.5 Å². The molecule has 1 aliphatic heterocycles. The first kappa shape index (κ1) is 25.7. The zero-order valence-electron chi connectivity index (χ0n) is 22.0. The average Bonchev–Trinajstić information content (AvgIpc) is 3.34. The van der Waals surface area contributed by atoms with Gasteiger partial charge in [-0.1, -0.05) is 17.3 Å². The summed E-state index contributed by atoms with van der Waals surface area (Å²) in [5.41, 5.74) is 2.47. The maximum Gasteiger partial charge on any atom is 0.251 e. The lowest BCUT2D eigenvalue weighted by molar-refractivity contribution is -0.135. The van der Waals surface area contributed by atoms with Crippen molar-refractivity contribution >= 4 is 11.8 Å². The molecule has 2 amide bonds. The van der Waals surface area contributed by atoms with Crippen LogP contribution < -0.4 is 10.6 Å². The summed E-state index contributed by atoms with van der Waals surface area (Å²) in [6.45, 7) is 2.36. The van der Waals surface area contributed by atoms with Crippen LogP contribution in [0.2, 0.25) is 0 Å². The van der Waals surface area contributed by atoms with E-state index < -0.39 is 6.04 Å². The minimum absolute atomic E-state index is 0.0368. The van der Waals surface area contributed by atoms with Gasteiger partial charge in [0.15, 0.2) is 0 Å². The lowest BCUT2D eigenvalue weighted by atomic mass is 9.97. The quantitative estimate of drug-likeness (QED) is 0.390. The van der Waals surface area contributed by atoms with Gasteiger partial charge in [-0.3, -0.25) is 9.59 Å². The van der Waals surface area contributed by atoms with Crippen LogP contribution in [0, 0.1) is 17.7 Å². The summed E-state index contributed by atoms with van der Waals surface area (Å²) in [5.74, 6) is 1.17. The fourth-order valence-corrected chi connectivity index (χ4v) is 6.31. The van der Waals surface area contributed by atoms with Crippen molar-refractivity contribution < 1.29 is 14.0 Å². The van der Waals surface area contributed by atoms with E-state index >= 15 is 0 Å². The predicted octanol–water partition coefficient (Wildman–Crippen LogP) is 3.69. The molecular weight excluding hydrogens is 495 g/mol. The second-order valence-electron chi connectivity index (χ2n) is 11.3. The van der Waals surface area contributed by atoms with E-state index in [1.165, 1.54) is 31.4 Å². The molecule has 6 rings (SSSR count). The predicted molar refractivity (Wildman–Crippen MR) is 145 cm³/mol. The third-order valence-corrected chi connectivity index (χ3v) is 8.50. The number of nitrogens with one attached hydrogen (secondary N) is 2. The maximum absolute atomic E-state index is 13.6. The number of likely N-dealkylation sites (tertiary alicyclic amines) is 1. The molecule has 2 unspecified atom stereocenters. The van der Waals surface area contributed by atoms with Crippen molar-refractivity contribution in [2.24, 2.45) is 11.8 Å². The standard InChI is InChI=1S/C30H35FN6O2/c31-24-9-5-22(6-10-24)26-17-28(26)32-13-1-2-27(30(39)36-18-20-3-4-21(16-20)19-36)34-29(38)23-7-11-25(12-8-23)37-15-14-33-35-37/h5-12,14-15,20-21,26-28,32H,1-4,13,16-19H2,(H,34,38)/t20?,21?,26-,27-,28+/m0/s1. The lowest BCUT2D eigenvalue weighted by Gasteiger charge is -2.34. The number of carbonyl (C=O) groups is 2. The van der Waals surface area contributed by atoms with Crippen molar-refractivity contribution in [3.05, 3.63) is 77.9 Å². The molecule has 1 saturated heterocycles.